The van der Waals surface area contributed by atoms with Crippen molar-refractivity contribution >= 4 is 5.91 Å². The molecular weight excluding hydrogens is 350 g/mol. The second kappa shape index (κ2) is 9.71. The van der Waals surface area contributed by atoms with Gasteiger partial charge in [-0.2, -0.15) is 0 Å². The van der Waals surface area contributed by atoms with Crippen LogP contribution in [0.25, 0.3) is 0 Å². The van der Waals surface area contributed by atoms with E-state index >= 15 is 0 Å². The smallest absolute Gasteiger partial charge is 0.239 e. The Hall–Kier alpha value is -2.37. The van der Waals surface area contributed by atoms with Crippen LogP contribution in [0, 0.1) is 0 Å². The average Bonchev–Trinajstić information content (AvgIpc) is 2.74. The molecule has 2 atom stereocenters. The Morgan fingerprint density at radius 1 is 1.00 bits per heavy atom. The van der Waals surface area contributed by atoms with Crippen LogP contribution in [0.5, 0.6) is 5.75 Å². The number of nitrogens with one attached hydrogen (secondary N) is 1. The highest BCUT2D eigenvalue weighted by molar-refractivity contribution is 5.81. The molecule has 5 nitrogen and oxygen atoms in total. The minimum absolute atomic E-state index is 0.0365. The van der Waals surface area contributed by atoms with Gasteiger partial charge in [-0.15, -0.1) is 0 Å². The highest BCUT2D eigenvalue weighted by Crippen LogP contribution is 2.24. The van der Waals surface area contributed by atoms with Crippen LogP contribution < -0.4 is 10.1 Å². The number of piperazine rings is 1. The van der Waals surface area contributed by atoms with Crippen molar-refractivity contribution in [3.63, 3.8) is 0 Å². The molecule has 1 N–H and O–H groups in total. The molecule has 0 spiro atoms. The van der Waals surface area contributed by atoms with E-state index < -0.39 is 0 Å². The predicted octanol–water partition coefficient (Wildman–Crippen LogP) is 3.08. The Morgan fingerprint density at radius 3 is 2.32 bits per heavy atom. The van der Waals surface area contributed by atoms with Crippen LogP contribution in [-0.2, 0) is 11.3 Å². The first-order chi connectivity index (χ1) is 13.6. The molecule has 3 rings (SSSR count). The van der Waals surface area contributed by atoms with Gasteiger partial charge in [-0.3, -0.25) is 15.0 Å². The number of nitrogens with zero attached hydrogens (tertiary/aromatic N) is 2. The van der Waals surface area contributed by atoms with E-state index in [1.165, 1.54) is 5.56 Å². The molecule has 0 unspecified atom stereocenters. The molecule has 0 aliphatic carbocycles. The fourth-order valence-electron chi connectivity index (χ4n) is 3.80. The summed E-state index contributed by atoms with van der Waals surface area (Å²) in [6, 6.07) is 18.2. The number of ether oxygens (including phenoxy) is 1. The first-order valence-electron chi connectivity index (χ1n) is 10.0. The van der Waals surface area contributed by atoms with Gasteiger partial charge in [0.05, 0.1) is 13.2 Å². The van der Waals surface area contributed by atoms with Gasteiger partial charge < -0.3 is 9.64 Å². The van der Waals surface area contributed by atoms with Crippen LogP contribution in [0.2, 0.25) is 0 Å². The molecule has 0 bridgehead atoms. The lowest BCUT2D eigenvalue weighted by molar-refractivity contribution is -0.135. The zero-order valence-electron chi connectivity index (χ0n) is 17.1. The highest BCUT2D eigenvalue weighted by Gasteiger charge is 2.26. The number of para-hydroxylation sites is 1. The van der Waals surface area contributed by atoms with Crippen LogP contribution in [0.4, 0.5) is 0 Å². The summed E-state index contributed by atoms with van der Waals surface area (Å²) in [6.45, 7) is 8.35. The summed E-state index contributed by atoms with van der Waals surface area (Å²) >= 11 is 0. The minimum atomic E-state index is -0.236. The molecule has 1 amide bonds. The van der Waals surface area contributed by atoms with E-state index in [9.17, 15) is 4.79 Å². The van der Waals surface area contributed by atoms with Crippen molar-refractivity contribution in [3.8, 4) is 5.75 Å². The molecule has 150 valence electrons. The zero-order valence-corrected chi connectivity index (χ0v) is 17.1. The summed E-state index contributed by atoms with van der Waals surface area (Å²) in [5.41, 5.74) is 2.39. The maximum absolute atomic E-state index is 12.9. The largest absolute Gasteiger partial charge is 0.496 e. The maximum atomic E-state index is 12.9. The van der Waals surface area contributed by atoms with E-state index in [0.717, 1.165) is 44.0 Å². The Bertz CT molecular complexity index is 757. The SMILES string of the molecule is COc1ccccc1[C@@H](C)N[C@@H](C)C(=O)N1CCN(Cc2ccccc2)CC1. The van der Waals surface area contributed by atoms with Crippen molar-refractivity contribution in [2.45, 2.75) is 32.5 Å². The summed E-state index contributed by atoms with van der Waals surface area (Å²) in [7, 11) is 1.68. The van der Waals surface area contributed by atoms with Crippen molar-refractivity contribution in [2.24, 2.45) is 0 Å². The van der Waals surface area contributed by atoms with Crippen molar-refractivity contribution in [2.75, 3.05) is 33.3 Å². The molecular formula is C23H31N3O2. The molecule has 1 heterocycles. The van der Waals surface area contributed by atoms with E-state index in [1.54, 1.807) is 7.11 Å². The Morgan fingerprint density at radius 2 is 1.64 bits per heavy atom. The minimum Gasteiger partial charge on any atom is -0.496 e. The number of benzene rings is 2. The lowest BCUT2D eigenvalue weighted by atomic mass is 10.1. The molecule has 1 aliphatic heterocycles. The van der Waals surface area contributed by atoms with Gasteiger partial charge in [0.1, 0.15) is 5.75 Å². The first kappa shape index (κ1) is 20.4. The molecule has 1 saturated heterocycles. The van der Waals surface area contributed by atoms with Gasteiger partial charge in [0.25, 0.3) is 0 Å². The standard InChI is InChI=1S/C23H31N3O2/c1-18(21-11-7-8-12-22(21)28-3)24-19(2)23(27)26-15-13-25(14-16-26)17-20-9-5-4-6-10-20/h4-12,18-19,24H,13-17H2,1-3H3/t18-,19+/m1/s1. The van der Waals surface area contributed by atoms with Crippen molar-refractivity contribution in [1.82, 2.24) is 15.1 Å². The zero-order chi connectivity index (χ0) is 19.9. The molecule has 5 heteroatoms. The average molecular weight is 382 g/mol. The molecule has 2 aromatic carbocycles. The van der Waals surface area contributed by atoms with E-state index in [1.807, 2.05) is 42.2 Å². The second-order valence-corrected chi connectivity index (χ2v) is 7.44. The van der Waals surface area contributed by atoms with Crippen LogP contribution in [-0.4, -0.2) is 55.0 Å². The van der Waals surface area contributed by atoms with E-state index in [4.69, 9.17) is 4.74 Å². The van der Waals surface area contributed by atoms with Crippen LogP contribution in [0.3, 0.4) is 0 Å². The molecule has 1 fully saturated rings. The Balaban J connectivity index is 1.50. The number of carbonyl (C=O) groups is 1. The third-order valence-corrected chi connectivity index (χ3v) is 5.41. The second-order valence-electron chi connectivity index (χ2n) is 7.44. The van der Waals surface area contributed by atoms with Gasteiger partial charge in [0, 0.05) is 44.3 Å². The summed E-state index contributed by atoms with van der Waals surface area (Å²) < 4.78 is 5.44. The number of hydrogen-bond acceptors (Lipinski definition) is 4. The lowest BCUT2D eigenvalue weighted by Crippen LogP contribution is -2.53. The summed E-state index contributed by atoms with van der Waals surface area (Å²) in [6.07, 6.45) is 0. The van der Waals surface area contributed by atoms with E-state index in [-0.39, 0.29) is 18.0 Å². The molecule has 28 heavy (non-hydrogen) atoms. The van der Waals surface area contributed by atoms with E-state index in [0.29, 0.717) is 0 Å². The number of hydrogen-bond donors (Lipinski definition) is 1. The normalized spacial score (nSPS) is 17.2. The fourth-order valence-corrected chi connectivity index (χ4v) is 3.80. The monoisotopic (exact) mass is 381 g/mol. The fraction of sp³-hybridized carbons (Fsp3) is 0.435. The van der Waals surface area contributed by atoms with Gasteiger partial charge in [-0.1, -0.05) is 48.5 Å². The number of carbonyl (C=O) groups excluding carboxylic acids is 1. The first-order valence-corrected chi connectivity index (χ1v) is 10.0. The summed E-state index contributed by atoms with van der Waals surface area (Å²) in [4.78, 5) is 17.3. The molecule has 1 aliphatic rings. The number of amides is 1. The van der Waals surface area contributed by atoms with Crippen molar-refractivity contribution in [1.29, 1.82) is 0 Å². The Kier molecular flexibility index (Phi) is 7.06. The molecule has 0 radical (unpaired) electrons. The summed E-state index contributed by atoms with van der Waals surface area (Å²) in [5, 5.41) is 3.43. The van der Waals surface area contributed by atoms with Gasteiger partial charge in [-0.25, -0.2) is 0 Å². The lowest BCUT2D eigenvalue weighted by Gasteiger charge is -2.36. The topological polar surface area (TPSA) is 44.8 Å². The van der Waals surface area contributed by atoms with Gasteiger partial charge in [0.2, 0.25) is 5.91 Å². The van der Waals surface area contributed by atoms with Gasteiger partial charge in [-0.05, 0) is 25.5 Å². The number of rotatable bonds is 7. The third-order valence-electron chi connectivity index (χ3n) is 5.41. The van der Waals surface area contributed by atoms with Crippen molar-refractivity contribution in [3.05, 3.63) is 65.7 Å². The third kappa shape index (κ3) is 5.12. The highest BCUT2D eigenvalue weighted by atomic mass is 16.5. The van der Waals surface area contributed by atoms with Crippen LogP contribution in [0.1, 0.15) is 31.0 Å². The molecule has 0 saturated carbocycles. The van der Waals surface area contributed by atoms with Crippen LogP contribution >= 0.6 is 0 Å². The quantitative estimate of drug-likeness (QED) is 0.801. The predicted molar refractivity (Wildman–Crippen MR) is 112 cm³/mol. The number of methoxy groups -OCH3 is 1. The van der Waals surface area contributed by atoms with E-state index in [2.05, 4.69) is 41.4 Å². The van der Waals surface area contributed by atoms with Crippen LogP contribution in [0.15, 0.2) is 54.6 Å². The Labute approximate surface area is 168 Å². The van der Waals surface area contributed by atoms with Gasteiger partial charge in [0.15, 0.2) is 0 Å². The maximum Gasteiger partial charge on any atom is 0.239 e. The molecule has 0 aromatic heterocycles. The van der Waals surface area contributed by atoms with Gasteiger partial charge >= 0.3 is 0 Å². The summed E-state index contributed by atoms with van der Waals surface area (Å²) in [5.74, 6) is 1.01. The molecule has 2 aromatic rings. The van der Waals surface area contributed by atoms with Crippen molar-refractivity contribution < 1.29 is 9.53 Å².